The molecule has 0 aliphatic carbocycles. The van der Waals surface area contributed by atoms with Crippen molar-refractivity contribution >= 4 is 11.8 Å². The summed E-state index contributed by atoms with van der Waals surface area (Å²) < 4.78 is 12.7. The summed E-state index contributed by atoms with van der Waals surface area (Å²) in [5.74, 6) is 2.40. The summed E-state index contributed by atoms with van der Waals surface area (Å²) in [6, 6.07) is 14.0. The normalized spacial score (nSPS) is 11.0. The lowest BCUT2D eigenvalue weighted by molar-refractivity contribution is 0.391. The van der Waals surface area contributed by atoms with E-state index in [1.54, 1.807) is 25.1 Å². The summed E-state index contributed by atoms with van der Waals surface area (Å²) in [6.45, 7) is 4.20. The third kappa shape index (κ3) is 3.80. The number of methoxy groups -OCH3 is 1. The number of ether oxygens (including phenoxy) is 1. The Kier molecular flexibility index (Phi) is 5.16. The molecule has 142 valence electrons. The molecule has 0 atom stereocenters. The molecule has 0 spiro atoms. The van der Waals surface area contributed by atoms with Crippen LogP contribution in [0.1, 0.15) is 17.0 Å². The molecule has 0 radical (unpaired) electrons. The second-order valence-electron chi connectivity index (χ2n) is 6.40. The van der Waals surface area contributed by atoms with Crippen LogP contribution in [0.3, 0.4) is 0 Å². The third-order valence-corrected chi connectivity index (χ3v) is 5.29. The Balaban J connectivity index is 1.50. The second-order valence-corrected chi connectivity index (χ2v) is 7.34. The molecule has 2 aromatic carbocycles. The lowest BCUT2D eigenvalue weighted by Gasteiger charge is -2.10. The maximum Gasteiger partial charge on any atom is 0.237 e. The van der Waals surface area contributed by atoms with Gasteiger partial charge in [-0.3, -0.25) is 4.57 Å². The zero-order valence-corrected chi connectivity index (χ0v) is 16.7. The predicted octanol–water partition coefficient (Wildman–Crippen LogP) is 4.84. The number of hydrogen-bond acceptors (Lipinski definition) is 6. The van der Waals surface area contributed by atoms with Gasteiger partial charge in [0, 0.05) is 18.0 Å². The van der Waals surface area contributed by atoms with Crippen LogP contribution in [0, 0.1) is 13.8 Å². The molecule has 4 aromatic rings. The van der Waals surface area contributed by atoms with Crippen molar-refractivity contribution in [2.75, 3.05) is 7.11 Å². The van der Waals surface area contributed by atoms with Crippen LogP contribution in [0.15, 0.2) is 64.5 Å². The van der Waals surface area contributed by atoms with E-state index < -0.39 is 0 Å². The van der Waals surface area contributed by atoms with E-state index in [1.165, 1.54) is 11.1 Å². The lowest BCUT2D eigenvalue weighted by Crippen LogP contribution is -1.98. The Morgan fingerprint density at radius 3 is 2.86 bits per heavy atom. The summed E-state index contributed by atoms with van der Waals surface area (Å²) >= 11 is 1.56. The molecule has 4 rings (SSSR count). The third-order valence-electron chi connectivity index (χ3n) is 4.34. The zero-order chi connectivity index (χ0) is 19.5. The quantitative estimate of drug-likeness (QED) is 0.438. The van der Waals surface area contributed by atoms with Crippen molar-refractivity contribution in [3.05, 3.63) is 71.9 Å². The average Bonchev–Trinajstić information content (AvgIpc) is 3.36. The van der Waals surface area contributed by atoms with Crippen LogP contribution in [0.2, 0.25) is 0 Å². The van der Waals surface area contributed by atoms with E-state index in [0.717, 1.165) is 22.2 Å². The Labute approximate surface area is 167 Å². The number of aromatic nitrogens is 4. The number of benzene rings is 2. The topological polar surface area (TPSA) is 66.0 Å². The van der Waals surface area contributed by atoms with E-state index in [-0.39, 0.29) is 0 Å². The molecule has 0 N–H and O–H groups in total. The van der Waals surface area contributed by atoms with Gasteiger partial charge in [-0.15, -0.1) is 0 Å². The highest BCUT2D eigenvalue weighted by molar-refractivity contribution is 7.98. The summed E-state index contributed by atoms with van der Waals surface area (Å²) in [6.07, 6.45) is 3.77. The lowest BCUT2D eigenvalue weighted by atomic mass is 10.1. The average molecular weight is 392 g/mol. The molecule has 0 saturated heterocycles. The smallest absolute Gasteiger partial charge is 0.237 e. The molecular weight excluding hydrogens is 372 g/mol. The van der Waals surface area contributed by atoms with Gasteiger partial charge < -0.3 is 9.26 Å². The Bertz CT molecular complexity index is 1100. The van der Waals surface area contributed by atoms with Crippen LogP contribution in [0.25, 0.3) is 17.1 Å². The number of nitrogens with zero attached hydrogens (tertiary/aromatic N) is 4. The highest BCUT2D eigenvalue weighted by atomic mass is 32.2. The summed E-state index contributed by atoms with van der Waals surface area (Å²) in [7, 11) is 1.63. The fourth-order valence-corrected chi connectivity index (χ4v) is 3.78. The highest BCUT2D eigenvalue weighted by Gasteiger charge is 2.13. The van der Waals surface area contributed by atoms with Gasteiger partial charge >= 0.3 is 0 Å². The van der Waals surface area contributed by atoms with Gasteiger partial charge in [0.25, 0.3) is 0 Å². The first kappa shape index (κ1) is 18.3. The number of rotatable bonds is 6. The largest absolute Gasteiger partial charge is 0.497 e. The van der Waals surface area contributed by atoms with Crippen molar-refractivity contribution in [2.24, 2.45) is 0 Å². The van der Waals surface area contributed by atoms with Gasteiger partial charge in [-0.05, 0) is 37.6 Å². The first-order chi connectivity index (χ1) is 13.6. The standard InChI is InChI=1S/C21H20N4O2S/c1-14-7-8-18(15(2)11-14)25-10-9-22-21(25)28-13-19-23-20(24-27-19)16-5-4-6-17(12-16)26-3/h4-12H,13H2,1-3H3. The number of hydrogen-bond donors (Lipinski definition) is 0. The van der Waals surface area contributed by atoms with Crippen molar-refractivity contribution in [3.8, 4) is 22.8 Å². The fourth-order valence-electron chi connectivity index (χ4n) is 2.97. The Hall–Kier alpha value is -3.06. The molecule has 0 saturated carbocycles. The monoisotopic (exact) mass is 392 g/mol. The van der Waals surface area contributed by atoms with E-state index in [9.17, 15) is 0 Å². The fraction of sp³-hybridized carbons (Fsp3) is 0.190. The van der Waals surface area contributed by atoms with Crippen molar-refractivity contribution in [1.29, 1.82) is 0 Å². The SMILES string of the molecule is COc1cccc(-c2noc(CSc3nccn3-c3ccc(C)cc3C)n2)c1. The minimum absolute atomic E-state index is 0.541. The minimum atomic E-state index is 0.541. The number of aryl methyl sites for hydroxylation is 2. The molecule has 6 nitrogen and oxygen atoms in total. The van der Waals surface area contributed by atoms with Gasteiger partial charge in [0.2, 0.25) is 11.7 Å². The molecular formula is C21H20N4O2S. The van der Waals surface area contributed by atoms with Crippen molar-refractivity contribution in [3.63, 3.8) is 0 Å². The van der Waals surface area contributed by atoms with E-state index in [2.05, 4.69) is 51.7 Å². The zero-order valence-electron chi connectivity index (χ0n) is 15.9. The molecule has 2 aromatic heterocycles. The van der Waals surface area contributed by atoms with Crippen LogP contribution < -0.4 is 4.74 Å². The minimum Gasteiger partial charge on any atom is -0.497 e. The van der Waals surface area contributed by atoms with Crippen LogP contribution in [0.5, 0.6) is 5.75 Å². The first-order valence-corrected chi connectivity index (χ1v) is 9.83. The Morgan fingerprint density at radius 1 is 1.14 bits per heavy atom. The van der Waals surface area contributed by atoms with E-state index in [0.29, 0.717) is 17.5 Å². The van der Waals surface area contributed by atoms with Gasteiger partial charge in [-0.1, -0.05) is 46.7 Å². The molecule has 0 bridgehead atoms. The molecule has 0 amide bonds. The van der Waals surface area contributed by atoms with Gasteiger partial charge in [-0.2, -0.15) is 4.98 Å². The Morgan fingerprint density at radius 2 is 2.04 bits per heavy atom. The molecule has 28 heavy (non-hydrogen) atoms. The summed E-state index contributed by atoms with van der Waals surface area (Å²) in [5.41, 5.74) is 4.42. The van der Waals surface area contributed by atoms with Crippen molar-refractivity contribution in [1.82, 2.24) is 19.7 Å². The molecule has 7 heteroatoms. The second kappa shape index (κ2) is 7.90. The van der Waals surface area contributed by atoms with Crippen molar-refractivity contribution in [2.45, 2.75) is 24.8 Å². The maximum absolute atomic E-state index is 5.42. The van der Waals surface area contributed by atoms with Crippen LogP contribution in [-0.4, -0.2) is 26.8 Å². The summed E-state index contributed by atoms with van der Waals surface area (Å²) in [5, 5.41) is 4.97. The predicted molar refractivity (Wildman–Crippen MR) is 109 cm³/mol. The molecule has 2 heterocycles. The molecule has 0 fully saturated rings. The molecule has 0 aliphatic heterocycles. The molecule has 0 aliphatic rings. The van der Waals surface area contributed by atoms with E-state index in [1.807, 2.05) is 30.5 Å². The van der Waals surface area contributed by atoms with Crippen LogP contribution in [-0.2, 0) is 5.75 Å². The van der Waals surface area contributed by atoms with Gasteiger partial charge in [-0.25, -0.2) is 4.98 Å². The first-order valence-electron chi connectivity index (χ1n) is 8.85. The van der Waals surface area contributed by atoms with Gasteiger partial charge in [0.05, 0.1) is 18.6 Å². The number of thioether (sulfide) groups is 1. The van der Waals surface area contributed by atoms with E-state index in [4.69, 9.17) is 9.26 Å². The van der Waals surface area contributed by atoms with Crippen molar-refractivity contribution < 1.29 is 9.26 Å². The van der Waals surface area contributed by atoms with Gasteiger partial charge in [0.15, 0.2) is 5.16 Å². The van der Waals surface area contributed by atoms with Gasteiger partial charge in [0.1, 0.15) is 5.75 Å². The van der Waals surface area contributed by atoms with Crippen LogP contribution >= 0.6 is 11.8 Å². The summed E-state index contributed by atoms with van der Waals surface area (Å²) in [4.78, 5) is 8.97. The van der Waals surface area contributed by atoms with Crippen LogP contribution in [0.4, 0.5) is 0 Å². The van der Waals surface area contributed by atoms with E-state index >= 15 is 0 Å². The maximum atomic E-state index is 5.42. The number of imidazole rings is 1. The molecule has 0 unspecified atom stereocenters. The highest BCUT2D eigenvalue weighted by Crippen LogP contribution is 2.27.